The third kappa shape index (κ3) is 3.70. The molecule has 19 heavy (non-hydrogen) atoms. The average Bonchev–Trinajstić information content (AvgIpc) is 2.37. The number of aliphatic hydroxyl groups is 1. The van der Waals surface area contributed by atoms with E-state index in [2.05, 4.69) is 5.32 Å². The van der Waals surface area contributed by atoms with Gasteiger partial charge in [0.2, 0.25) is 5.91 Å². The van der Waals surface area contributed by atoms with Crippen LogP contribution in [0.15, 0.2) is 18.2 Å². The van der Waals surface area contributed by atoms with Gasteiger partial charge in [-0.1, -0.05) is 25.0 Å². The third-order valence-electron chi connectivity index (χ3n) is 3.71. The molecular weight excluding hydrogens is 242 g/mol. The largest absolute Gasteiger partial charge is 0.508 e. The van der Waals surface area contributed by atoms with Gasteiger partial charge in [0, 0.05) is 0 Å². The van der Waals surface area contributed by atoms with Gasteiger partial charge in [0.1, 0.15) is 5.75 Å². The van der Waals surface area contributed by atoms with Crippen molar-refractivity contribution < 1.29 is 15.0 Å². The van der Waals surface area contributed by atoms with Gasteiger partial charge in [0.05, 0.1) is 18.6 Å². The van der Waals surface area contributed by atoms with Crippen LogP contribution in [0.5, 0.6) is 5.75 Å². The van der Waals surface area contributed by atoms with Crippen molar-refractivity contribution in [3.8, 4) is 5.75 Å². The summed E-state index contributed by atoms with van der Waals surface area (Å²) < 4.78 is 0. The van der Waals surface area contributed by atoms with E-state index in [0.717, 1.165) is 36.8 Å². The Hall–Kier alpha value is -1.55. The molecule has 4 nitrogen and oxygen atoms in total. The minimum atomic E-state index is -0.427. The molecule has 104 valence electrons. The summed E-state index contributed by atoms with van der Waals surface area (Å²) in [6.07, 6.45) is 3.48. The number of rotatable bonds is 3. The minimum absolute atomic E-state index is 0.103. The van der Waals surface area contributed by atoms with Crippen LogP contribution in [0.25, 0.3) is 0 Å². The maximum Gasteiger partial charge on any atom is 0.224 e. The van der Waals surface area contributed by atoms with E-state index in [0.29, 0.717) is 0 Å². The lowest BCUT2D eigenvalue weighted by Gasteiger charge is -2.28. The van der Waals surface area contributed by atoms with Crippen molar-refractivity contribution in [1.82, 2.24) is 5.32 Å². The number of aromatic hydroxyl groups is 1. The summed E-state index contributed by atoms with van der Waals surface area (Å²) in [4.78, 5) is 11.9. The Bertz CT molecular complexity index is 459. The van der Waals surface area contributed by atoms with Gasteiger partial charge in [0.15, 0.2) is 0 Å². The number of amides is 1. The maximum absolute atomic E-state index is 11.9. The van der Waals surface area contributed by atoms with Gasteiger partial charge in [-0.25, -0.2) is 0 Å². The Kier molecular flexibility index (Phi) is 4.43. The standard InChI is InChI=1S/C15H21NO3/c1-10-6-7-11(8-14(10)18)9-15(19)16-12-4-2-3-5-13(12)17/h6-8,12-13,17-18H,2-5,9H2,1H3,(H,16,19)/t12-,13-/m1/s1. The van der Waals surface area contributed by atoms with E-state index in [4.69, 9.17) is 0 Å². The summed E-state index contributed by atoms with van der Waals surface area (Å²) in [5, 5.41) is 22.3. The van der Waals surface area contributed by atoms with E-state index >= 15 is 0 Å². The zero-order valence-corrected chi connectivity index (χ0v) is 11.2. The van der Waals surface area contributed by atoms with Crippen molar-refractivity contribution in [2.75, 3.05) is 0 Å². The SMILES string of the molecule is Cc1ccc(CC(=O)N[C@@H]2CCCC[C@H]2O)cc1O. The van der Waals surface area contributed by atoms with Crippen molar-refractivity contribution >= 4 is 5.91 Å². The first-order valence-corrected chi connectivity index (χ1v) is 6.82. The first-order chi connectivity index (χ1) is 9.06. The van der Waals surface area contributed by atoms with Crippen LogP contribution >= 0.6 is 0 Å². The van der Waals surface area contributed by atoms with E-state index in [1.165, 1.54) is 0 Å². The second-order valence-corrected chi connectivity index (χ2v) is 5.32. The molecule has 0 saturated heterocycles. The molecule has 1 aliphatic carbocycles. The van der Waals surface area contributed by atoms with E-state index in [9.17, 15) is 15.0 Å². The Labute approximate surface area is 113 Å². The van der Waals surface area contributed by atoms with Crippen molar-refractivity contribution in [1.29, 1.82) is 0 Å². The van der Waals surface area contributed by atoms with Gasteiger partial charge in [-0.2, -0.15) is 0 Å². The highest BCUT2D eigenvalue weighted by atomic mass is 16.3. The second-order valence-electron chi connectivity index (χ2n) is 5.32. The number of hydrogen-bond donors (Lipinski definition) is 3. The van der Waals surface area contributed by atoms with E-state index in [1.807, 2.05) is 13.0 Å². The number of benzene rings is 1. The fourth-order valence-corrected chi connectivity index (χ4v) is 2.49. The van der Waals surface area contributed by atoms with Crippen LogP contribution in [0, 0.1) is 6.92 Å². The second kappa shape index (κ2) is 6.06. The Balaban J connectivity index is 1.91. The Morgan fingerprint density at radius 1 is 1.37 bits per heavy atom. The highest BCUT2D eigenvalue weighted by Gasteiger charge is 2.24. The summed E-state index contributed by atoms with van der Waals surface area (Å²) in [5.74, 6) is 0.109. The molecule has 1 saturated carbocycles. The lowest BCUT2D eigenvalue weighted by atomic mass is 9.92. The monoisotopic (exact) mass is 263 g/mol. The molecule has 4 heteroatoms. The molecule has 0 aliphatic heterocycles. The third-order valence-corrected chi connectivity index (χ3v) is 3.71. The molecule has 0 unspecified atom stereocenters. The topological polar surface area (TPSA) is 69.6 Å². The molecule has 0 bridgehead atoms. The van der Waals surface area contributed by atoms with Crippen LogP contribution in [-0.4, -0.2) is 28.3 Å². The van der Waals surface area contributed by atoms with Gasteiger partial charge in [-0.15, -0.1) is 0 Å². The molecule has 3 N–H and O–H groups in total. The lowest BCUT2D eigenvalue weighted by molar-refractivity contribution is -0.122. The molecule has 1 fully saturated rings. The predicted octanol–water partition coefficient (Wildman–Crippen LogP) is 1.66. The van der Waals surface area contributed by atoms with Gasteiger partial charge in [0.25, 0.3) is 0 Å². The number of aryl methyl sites for hydroxylation is 1. The number of nitrogens with one attached hydrogen (secondary N) is 1. The van der Waals surface area contributed by atoms with Gasteiger partial charge in [-0.05, 0) is 37.0 Å². The van der Waals surface area contributed by atoms with Gasteiger partial charge < -0.3 is 15.5 Å². The number of carbonyl (C=O) groups is 1. The first-order valence-electron chi connectivity index (χ1n) is 6.82. The summed E-state index contributed by atoms with van der Waals surface area (Å²) in [6.45, 7) is 1.82. The first kappa shape index (κ1) is 13.9. The average molecular weight is 263 g/mol. The molecule has 1 amide bonds. The van der Waals surface area contributed by atoms with Crippen LogP contribution < -0.4 is 5.32 Å². The van der Waals surface area contributed by atoms with Crippen molar-refractivity contribution in [3.63, 3.8) is 0 Å². The zero-order chi connectivity index (χ0) is 13.8. The molecule has 1 aromatic rings. The molecule has 1 aliphatic rings. The van der Waals surface area contributed by atoms with Crippen molar-refractivity contribution in [2.45, 2.75) is 51.2 Å². The molecular formula is C15H21NO3. The summed E-state index contributed by atoms with van der Waals surface area (Å²) >= 11 is 0. The Morgan fingerprint density at radius 3 is 2.79 bits per heavy atom. The summed E-state index contributed by atoms with van der Waals surface area (Å²) in [7, 11) is 0. The van der Waals surface area contributed by atoms with E-state index in [1.54, 1.807) is 12.1 Å². The fraction of sp³-hybridized carbons (Fsp3) is 0.533. The molecule has 0 aromatic heterocycles. The van der Waals surface area contributed by atoms with Crippen LogP contribution in [0.2, 0.25) is 0 Å². The molecule has 0 heterocycles. The number of phenols is 1. The zero-order valence-electron chi connectivity index (χ0n) is 11.2. The smallest absolute Gasteiger partial charge is 0.224 e. The highest BCUT2D eigenvalue weighted by molar-refractivity contribution is 5.79. The molecule has 2 rings (SSSR count). The highest BCUT2D eigenvalue weighted by Crippen LogP contribution is 2.20. The predicted molar refractivity (Wildman–Crippen MR) is 73.0 cm³/mol. The Morgan fingerprint density at radius 2 is 2.11 bits per heavy atom. The van der Waals surface area contributed by atoms with Crippen LogP contribution in [0.1, 0.15) is 36.8 Å². The van der Waals surface area contributed by atoms with E-state index < -0.39 is 6.10 Å². The van der Waals surface area contributed by atoms with Gasteiger partial charge in [-0.3, -0.25) is 4.79 Å². The fourth-order valence-electron chi connectivity index (χ4n) is 2.49. The van der Waals surface area contributed by atoms with Crippen molar-refractivity contribution in [2.24, 2.45) is 0 Å². The maximum atomic E-state index is 11.9. The van der Waals surface area contributed by atoms with Crippen LogP contribution in [0.3, 0.4) is 0 Å². The summed E-state index contributed by atoms with van der Waals surface area (Å²) in [5.41, 5.74) is 1.58. The van der Waals surface area contributed by atoms with E-state index in [-0.39, 0.29) is 24.1 Å². The lowest BCUT2D eigenvalue weighted by Crippen LogP contribution is -2.45. The number of hydrogen-bond acceptors (Lipinski definition) is 3. The number of aliphatic hydroxyl groups excluding tert-OH is 1. The number of phenolic OH excluding ortho intramolecular Hbond substituents is 1. The van der Waals surface area contributed by atoms with Crippen LogP contribution in [-0.2, 0) is 11.2 Å². The number of carbonyl (C=O) groups excluding carboxylic acids is 1. The minimum Gasteiger partial charge on any atom is -0.508 e. The quantitative estimate of drug-likeness (QED) is 0.777. The summed E-state index contributed by atoms with van der Waals surface area (Å²) in [6, 6.07) is 5.13. The van der Waals surface area contributed by atoms with Crippen molar-refractivity contribution in [3.05, 3.63) is 29.3 Å². The molecule has 2 atom stereocenters. The van der Waals surface area contributed by atoms with Crippen LogP contribution in [0.4, 0.5) is 0 Å². The molecule has 0 radical (unpaired) electrons. The molecule has 1 aromatic carbocycles. The molecule has 0 spiro atoms. The normalized spacial score (nSPS) is 23.1. The van der Waals surface area contributed by atoms with Gasteiger partial charge >= 0.3 is 0 Å².